The quantitative estimate of drug-likeness (QED) is 0.812. The number of hydrogen-bond donors (Lipinski definition) is 0. The molecule has 0 radical (unpaired) electrons. The van der Waals surface area contributed by atoms with Crippen molar-refractivity contribution in [2.24, 2.45) is 0 Å². The van der Waals surface area contributed by atoms with Crippen LogP contribution in [-0.2, 0) is 20.7 Å². The Morgan fingerprint density at radius 1 is 1.30 bits per heavy atom. The second-order valence-corrected chi connectivity index (χ2v) is 6.19. The Hall–Kier alpha value is -1.95. The lowest BCUT2D eigenvalue weighted by Crippen LogP contribution is -2.52. The van der Waals surface area contributed by atoms with E-state index < -0.39 is 0 Å². The second-order valence-electron chi connectivity index (χ2n) is 6.19. The van der Waals surface area contributed by atoms with E-state index in [9.17, 15) is 9.59 Å². The van der Waals surface area contributed by atoms with Gasteiger partial charge < -0.3 is 14.5 Å². The Bertz CT molecular complexity index is 563. The van der Waals surface area contributed by atoms with Crippen LogP contribution in [0.3, 0.4) is 0 Å². The SMILES string of the molecule is CC(=O)N1CCO[C@H]2CCN(C(=O)Cc3cccnc3)CC[C@@H]21. The van der Waals surface area contributed by atoms with Gasteiger partial charge in [0.25, 0.3) is 0 Å². The molecule has 2 aliphatic heterocycles. The third-order valence-electron chi connectivity index (χ3n) is 4.71. The maximum Gasteiger partial charge on any atom is 0.227 e. The number of amides is 2. The molecule has 0 bridgehead atoms. The van der Waals surface area contributed by atoms with Crippen molar-refractivity contribution in [1.82, 2.24) is 14.8 Å². The van der Waals surface area contributed by atoms with Crippen LogP contribution < -0.4 is 0 Å². The molecule has 3 heterocycles. The van der Waals surface area contributed by atoms with Gasteiger partial charge >= 0.3 is 0 Å². The van der Waals surface area contributed by atoms with Crippen molar-refractivity contribution in [3.8, 4) is 0 Å². The van der Waals surface area contributed by atoms with Gasteiger partial charge in [-0.05, 0) is 24.5 Å². The van der Waals surface area contributed by atoms with Gasteiger partial charge in [0, 0.05) is 39.0 Å². The van der Waals surface area contributed by atoms with Crippen LogP contribution >= 0.6 is 0 Å². The highest BCUT2D eigenvalue weighted by Crippen LogP contribution is 2.24. The van der Waals surface area contributed by atoms with Crippen molar-refractivity contribution in [2.75, 3.05) is 26.2 Å². The second kappa shape index (κ2) is 7.08. The van der Waals surface area contributed by atoms with E-state index in [1.807, 2.05) is 21.9 Å². The van der Waals surface area contributed by atoms with Gasteiger partial charge in [0.1, 0.15) is 0 Å². The minimum Gasteiger partial charge on any atom is -0.374 e. The highest BCUT2D eigenvalue weighted by Gasteiger charge is 2.36. The maximum absolute atomic E-state index is 12.5. The van der Waals surface area contributed by atoms with E-state index in [1.165, 1.54) is 0 Å². The molecule has 23 heavy (non-hydrogen) atoms. The molecule has 0 aromatic carbocycles. The Morgan fingerprint density at radius 2 is 2.13 bits per heavy atom. The van der Waals surface area contributed by atoms with E-state index in [2.05, 4.69) is 4.98 Å². The van der Waals surface area contributed by atoms with E-state index in [-0.39, 0.29) is 24.0 Å². The first-order chi connectivity index (χ1) is 11.1. The standard InChI is InChI=1S/C17H23N3O3/c1-13(21)20-9-10-23-16-5-8-19(7-4-15(16)20)17(22)11-14-3-2-6-18-12-14/h2-3,6,12,15-16H,4-5,7-11H2,1H3/t15-,16-/m0/s1. The fourth-order valence-corrected chi connectivity index (χ4v) is 3.51. The summed E-state index contributed by atoms with van der Waals surface area (Å²) in [5.41, 5.74) is 0.931. The zero-order chi connectivity index (χ0) is 16.2. The third kappa shape index (κ3) is 3.69. The number of aromatic nitrogens is 1. The lowest BCUT2D eigenvalue weighted by Gasteiger charge is -2.39. The lowest BCUT2D eigenvalue weighted by molar-refractivity contribution is -0.144. The van der Waals surface area contributed by atoms with E-state index in [0.717, 1.165) is 18.4 Å². The number of likely N-dealkylation sites (tertiary alicyclic amines) is 1. The topological polar surface area (TPSA) is 62.7 Å². The van der Waals surface area contributed by atoms with Gasteiger partial charge in [-0.2, -0.15) is 0 Å². The highest BCUT2D eigenvalue weighted by atomic mass is 16.5. The van der Waals surface area contributed by atoms with E-state index in [4.69, 9.17) is 4.74 Å². The monoisotopic (exact) mass is 317 g/mol. The van der Waals surface area contributed by atoms with E-state index in [1.54, 1.807) is 19.3 Å². The summed E-state index contributed by atoms with van der Waals surface area (Å²) in [6.07, 6.45) is 5.43. The van der Waals surface area contributed by atoms with Crippen LogP contribution in [0, 0.1) is 0 Å². The maximum atomic E-state index is 12.5. The molecule has 0 saturated carbocycles. The van der Waals surface area contributed by atoms with Gasteiger partial charge in [-0.25, -0.2) is 0 Å². The molecule has 2 atom stereocenters. The largest absolute Gasteiger partial charge is 0.374 e. The van der Waals surface area contributed by atoms with Crippen molar-refractivity contribution in [3.05, 3.63) is 30.1 Å². The molecule has 0 unspecified atom stereocenters. The summed E-state index contributed by atoms with van der Waals surface area (Å²) in [4.78, 5) is 32.2. The number of rotatable bonds is 2. The molecule has 2 aliphatic rings. The molecule has 1 aromatic heterocycles. The molecule has 2 amide bonds. The Morgan fingerprint density at radius 3 is 2.87 bits per heavy atom. The summed E-state index contributed by atoms with van der Waals surface area (Å²) in [7, 11) is 0. The number of morpholine rings is 1. The molecule has 6 nitrogen and oxygen atoms in total. The molecule has 2 fully saturated rings. The average molecular weight is 317 g/mol. The molecule has 0 N–H and O–H groups in total. The zero-order valence-electron chi connectivity index (χ0n) is 13.5. The van der Waals surface area contributed by atoms with Crippen molar-refractivity contribution >= 4 is 11.8 Å². The number of hydrogen-bond acceptors (Lipinski definition) is 4. The highest BCUT2D eigenvalue weighted by molar-refractivity contribution is 5.78. The average Bonchev–Trinajstić information content (AvgIpc) is 2.78. The Kier molecular flexibility index (Phi) is 4.91. The Balaban J connectivity index is 1.63. The molecule has 0 aliphatic carbocycles. The molecule has 0 spiro atoms. The molecule has 1 aromatic rings. The summed E-state index contributed by atoms with van der Waals surface area (Å²) >= 11 is 0. The van der Waals surface area contributed by atoms with Crippen LogP contribution in [0.25, 0.3) is 0 Å². The minimum absolute atomic E-state index is 0.0452. The summed E-state index contributed by atoms with van der Waals surface area (Å²) in [5, 5.41) is 0. The summed E-state index contributed by atoms with van der Waals surface area (Å²) < 4.78 is 5.85. The molecular weight excluding hydrogens is 294 g/mol. The fraction of sp³-hybridized carbons (Fsp3) is 0.588. The van der Waals surface area contributed by atoms with Crippen molar-refractivity contribution in [3.63, 3.8) is 0 Å². The normalized spacial score (nSPS) is 24.7. The predicted molar refractivity (Wildman–Crippen MR) is 84.7 cm³/mol. The number of carbonyl (C=O) groups excluding carboxylic acids is 2. The zero-order valence-corrected chi connectivity index (χ0v) is 13.5. The third-order valence-corrected chi connectivity index (χ3v) is 4.71. The van der Waals surface area contributed by atoms with Crippen molar-refractivity contribution in [2.45, 2.75) is 38.3 Å². The van der Waals surface area contributed by atoms with Gasteiger partial charge in [-0.15, -0.1) is 0 Å². The Labute approximate surface area is 136 Å². The van der Waals surface area contributed by atoms with Crippen molar-refractivity contribution < 1.29 is 14.3 Å². The molecule has 2 saturated heterocycles. The molecule has 6 heteroatoms. The number of ether oxygens (including phenoxy) is 1. The summed E-state index contributed by atoms with van der Waals surface area (Å²) in [6.45, 7) is 4.21. The predicted octanol–water partition coefficient (Wildman–Crippen LogP) is 0.862. The first-order valence-corrected chi connectivity index (χ1v) is 8.20. The lowest BCUT2D eigenvalue weighted by atomic mass is 10.0. The van der Waals surface area contributed by atoms with Gasteiger partial charge in [-0.3, -0.25) is 14.6 Å². The molecule has 124 valence electrons. The number of nitrogens with zero attached hydrogens (tertiary/aromatic N) is 3. The first kappa shape index (κ1) is 15.9. The van der Waals surface area contributed by atoms with E-state index >= 15 is 0 Å². The van der Waals surface area contributed by atoms with E-state index in [0.29, 0.717) is 32.7 Å². The molecule has 3 rings (SSSR count). The van der Waals surface area contributed by atoms with Crippen LogP contribution in [0.15, 0.2) is 24.5 Å². The number of fused-ring (bicyclic) bond motifs is 1. The first-order valence-electron chi connectivity index (χ1n) is 8.20. The van der Waals surface area contributed by atoms with Crippen LogP contribution in [0.2, 0.25) is 0 Å². The molecular formula is C17H23N3O3. The van der Waals surface area contributed by atoms with Gasteiger partial charge in [-0.1, -0.05) is 6.07 Å². The summed E-state index contributed by atoms with van der Waals surface area (Å²) in [6, 6.07) is 3.86. The smallest absolute Gasteiger partial charge is 0.227 e. The minimum atomic E-state index is 0.0452. The van der Waals surface area contributed by atoms with Gasteiger partial charge in [0.05, 0.1) is 25.2 Å². The van der Waals surface area contributed by atoms with Crippen LogP contribution in [0.1, 0.15) is 25.3 Å². The van der Waals surface area contributed by atoms with Gasteiger partial charge in [0.2, 0.25) is 11.8 Å². The van der Waals surface area contributed by atoms with Crippen LogP contribution in [0.4, 0.5) is 0 Å². The number of pyridine rings is 1. The van der Waals surface area contributed by atoms with Crippen molar-refractivity contribution in [1.29, 1.82) is 0 Å². The summed E-state index contributed by atoms with van der Waals surface area (Å²) in [5.74, 6) is 0.212. The van der Waals surface area contributed by atoms with Crippen LogP contribution in [-0.4, -0.2) is 65.0 Å². The van der Waals surface area contributed by atoms with Gasteiger partial charge in [0.15, 0.2) is 0 Å². The fourth-order valence-electron chi connectivity index (χ4n) is 3.51. The van der Waals surface area contributed by atoms with Crippen LogP contribution in [0.5, 0.6) is 0 Å². The number of carbonyl (C=O) groups is 2.